The van der Waals surface area contributed by atoms with Gasteiger partial charge in [-0.25, -0.2) is 5.43 Å². The maximum Gasteiger partial charge on any atom is 0.0221 e. The normalized spacial score (nSPS) is 9.62. The van der Waals surface area contributed by atoms with Crippen molar-refractivity contribution in [3.63, 3.8) is 0 Å². The minimum absolute atomic E-state index is 1.18. The fraction of sp³-hybridized carbons (Fsp3) is 0.909. The van der Waals surface area contributed by atoms with Crippen LogP contribution in [0, 0.1) is 0 Å². The summed E-state index contributed by atoms with van der Waals surface area (Å²) in [6.07, 6.45) is 16.8. The Kier molecular flexibility index (Phi) is 49.8. The molecule has 0 spiro atoms. The number of unbranched alkanes of at least 4 members (excludes halogenated alkanes) is 7. The lowest BCUT2D eigenvalue weighted by Crippen LogP contribution is -2.26. The second kappa shape index (κ2) is 38.2. The highest BCUT2D eigenvalue weighted by Crippen LogP contribution is 2.10. The molecule has 0 rings (SSSR count). The summed E-state index contributed by atoms with van der Waals surface area (Å²) in [6, 6.07) is 0. The quantitative estimate of drug-likeness (QED) is 0.277. The van der Waals surface area contributed by atoms with Gasteiger partial charge in [-0.1, -0.05) is 106 Å². The lowest BCUT2D eigenvalue weighted by atomic mass is 10.1. The molecule has 0 aliphatic heterocycles. The Balaban J connectivity index is -0.000000247. The van der Waals surface area contributed by atoms with Crippen LogP contribution in [0.2, 0.25) is 0 Å². The molecule has 0 unspecified atom stereocenters. The predicted molar refractivity (Wildman–Crippen MR) is 116 cm³/mol. The molecule has 150 valence electrons. The molecule has 24 heavy (non-hydrogen) atoms. The summed E-state index contributed by atoms with van der Waals surface area (Å²) in [6.45, 7) is 16.8. The second-order valence-electron chi connectivity index (χ2n) is 5.47. The van der Waals surface area contributed by atoms with Crippen molar-refractivity contribution in [3.8, 4) is 0 Å². The molecule has 0 aromatic carbocycles. The van der Waals surface area contributed by atoms with E-state index in [2.05, 4.69) is 44.6 Å². The van der Waals surface area contributed by atoms with Crippen molar-refractivity contribution in [1.29, 1.82) is 0 Å². The van der Waals surface area contributed by atoms with Gasteiger partial charge in [-0.2, -0.15) is 0 Å². The summed E-state index contributed by atoms with van der Waals surface area (Å²) in [5.41, 5.74) is 7.66. The van der Waals surface area contributed by atoms with Gasteiger partial charge in [-0.15, -0.1) is 0 Å². The zero-order chi connectivity index (χ0) is 19.5. The molecule has 0 radical (unpaired) electrons. The van der Waals surface area contributed by atoms with Crippen LogP contribution in [-0.2, 0) is 0 Å². The van der Waals surface area contributed by atoms with E-state index in [0.29, 0.717) is 0 Å². The number of allylic oxidation sites excluding steroid dienone is 2. The van der Waals surface area contributed by atoms with E-state index in [1.165, 1.54) is 76.3 Å². The van der Waals surface area contributed by atoms with Crippen LogP contribution in [0.3, 0.4) is 0 Å². The van der Waals surface area contributed by atoms with E-state index in [4.69, 9.17) is 0 Å². The maximum atomic E-state index is 3.25. The molecule has 2 nitrogen and oxygen atoms in total. The van der Waals surface area contributed by atoms with Crippen molar-refractivity contribution in [1.82, 2.24) is 10.9 Å². The van der Waals surface area contributed by atoms with Gasteiger partial charge in [0, 0.05) is 12.7 Å². The molecule has 0 saturated carbocycles. The Morgan fingerprint density at radius 3 is 1.62 bits per heavy atom. The van der Waals surface area contributed by atoms with Crippen LogP contribution in [0.15, 0.2) is 11.8 Å². The van der Waals surface area contributed by atoms with Gasteiger partial charge in [0.25, 0.3) is 0 Å². The summed E-state index contributed by atoms with van der Waals surface area (Å²) < 4.78 is 0. The average molecular weight is 345 g/mol. The van der Waals surface area contributed by atoms with Crippen LogP contribution in [0.4, 0.5) is 0 Å². The SMILES string of the molecule is CC.CC.CCC.CCCCCCC/C=C(/CCCCC)NNC. The Morgan fingerprint density at radius 1 is 0.708 bits per heavy atom. The fourth-order valence-corrected chi connectivity index (χ4v) is 1.97. The molecular weight excluding hydrogens is 292 g/mol. The smallest absolute Gasteiger partial charge is 0.0221 e. The van der Waals surface area contributed by atoms with Gasteiger partial charge in [0.1, 0.15) is 0 Å². The number of hydrogen-bond donors (Lipinski definition) is 2. The second-order valence-corrected chi connectivity index (χ2v) is 5.47. The number of rotatable bonds is 12. The average Bonchev–Trinajstić information content (AvgIpc) is 2.62. The van der Waals surface area contributed by atoms with E-state index < -0.39 is 0 Å². The maximum absolute atomic E-state index is 3.25. The van der Waals surface area contributed by atoms with Crippen LogP contribution >= 0.6 is 0 Å². The zero-order valence-electron chi connectivity index (χ0n) is 18.9. The molecule has 0 aromatic rings. The van der Waals surface area contributed by atoms with Gasteiger partial charge in [-0.3, -0.25) is 0 Å². The number of hydrazine groups is 1. The van der Waals surface area contributed by atoms with Crippen LogP contribution in [0.1, 0.15) is 126 Å². The third-order valence-corrected chi connectivity index (χ3v) is 3.03. The van der Waals surface area contributed by atoms with Crippen LogP contribution in [0.5, 0.6) is 0 Å². The van der Waals surface area contributed by atoms with E-state index in [9.17, 15) is 0 Å². The molecule has 0 amide bonds. The Labute approximate surface area is 156 Å². The van der Waals surface area contributed by atoms with Crippen molar-refractivity contribution in [3.05, 3.63) is 11.8 Å². The molecule has 0 aromatic heterocycles. The van der Waals surface area contributed by atoms with Gasteiger partial charge in [0.05, 0.1) is 0 Å². The third kappa shape index (κ3) is 37.6. The first-order valence-electron chi connectivity index (χ1n) is 10.9. The largest absolute Gasteiger partial charge is 0.326 e. The van der Waals surface area contributed by atoms with Crippen molar-refractivity contribution in [2.45, 2.75) is 126 Å². The zero-order valence-corrected chi connectivity index (χ0v) is 18.9. The minimum atomic E-state index is 1.18. The summed E-state index contributed by atoms with van der Waals surface area (Å²) in [4.78, 5) is 0. The lowest BCUT2D eigenvalue weighted by Gasteiger charge is -2.09. The molecule has 0 saturated heterocycles. The van der Waals surface area contributed by atoms with Gasteiger partial charge >= 0.3 is 0 Å². The van der Waals surface area contributed by atoms with Crippen molar-refractivity contribution in [2.75, 3.05) is 7.05 Å². The predicted octanol–water partition coefficient (Wildman–Crippen LogP) is 8.00. The molecule has 0 fully saturated rings. The van der Waals surface area contributed by atoms with E-state index >= 15 is 0 Å². The molecule has 0 bridgehead atoms. The van der Waals surface area contributed by atoms with Gasteiger partial charge in [-0.05, 0) is 25.7 Å². The van der Waals surface area contributed by atoms with Crippen molar-refractivity contribution in [2.24, 2.45) is 0 Å². The summed E-state index contributed by atoms with van der Waals surface area (Å²) >= 11 is 0. The minimum Gasteiger partial charge on any atom is -0.326 e. The van der Waals surface area contributed by atoms with Gasteiger partial charge in [0.15, 0.2) is 0 Å². The van der Waals surface area contributed by atoms with E-state index in [-0.39, 0.29) is 0 Å². The van der Waals surface area contributed by atoms with Crippen molar-refractivity contribution >= 4 is 0 Å². The molecule has 0 heterocycles. The molecule has 2 N–H and O–H groups in total. The molecule has 0 atom stereocenters. The van der Waals surface area contributed by atoms with E-state index in [1.807, 2.05) is 34.7 Å². The van der Waals surface area contributed by atoms with Gasteiger partial charge < -0.3 is 5.43 Å². The highest BCUT2D eigenvalue weighted by Gasteiger charge is 1.95. The summed E-state index contributed by atoms with van der Waals surface area (Å²) in [5, 5.41) is 0. The number of hydrogen-bond acceptors (Lipinski definition) is 2. The fourth-order valence-electron chi connectivity index (χ4n) is 1.97. The highest BCUT2D eigenvalue weighted by molar-refractivity contribution is 4.98. The van der Waals surface area contributed by atoms with E-state index in [1.54, 1.807) is 0 Å². The molecule has 0 aliphatic rings. The monoisotopic (exact) mass is 344 g/mol. The Bertz CT molecular complexity index is 188. The van der Waals surface area contributed by atoms with Crippen molar-refractivity contribution < 1.29 is 0 Å². The Hall–Kier alpha value is -0.500. The van der Waals surface area contributed by atoms with E-state index in [0.717, 1.165) is 0 Å². The van der Waals surface area contributed by atoms with Crippen LogP contribution in [-0.4, -0.2) is 7.05 Å². The molecule has 2 heteroatoms. The molecular formula is C22H52N2. The standard InChI is InChI=1S/C15H32N2.C3H8.2C2H6/c1-4-6-8-9-10-12-14-15(17-16-3)13-11-7-5-2;1-3-2;2*1-2/h14,16-17H,4-13H2,1-3H3;3H2,1-2H3;2*1-2H3/b15-14-;;;. The van der Waals surface area contributed by atoms with Crippen LogP contribution in [0.25, 0.3) is 0 Å². The summed E-state index contributed by atoms with van der Waals surface area (Å²) in [7, 11) is 1.94. The number of nitrogens with one attached hydrogen (secondary N) is 2. The lowest BCUT2D eigenvalue weighted by molar-refractivity contribution is 0.605. The first-order valence-corrected chi connectivity index (χ1v) is 10.9. The van der Waals surface area contributed by atoms with Crippen LogP contribution < -0.4 is 10.9 Å². The topological polar surface area (TPSA) is 24.1 Å². The first kappa shape index (κ1) is 31.3. The Morgan fingerprint density at radius 2 is 1.17 bits per heavy atom. The summed E-state index contributed by atoms with van der Waals surface area (Å²) in [5.74, 6) is 0. The molecule has 0 aliphatic carbocycles. The third-order valence-electron chi connectivity index (χ3n) is 3.03. The van der Waals surface area contributed by atoms with Gasteiger partial charge in [0.2, 0.25) is 0 Å². The highest BCUT2D eigenvalue weighted by atomic mass is 15.3. The first-order chi connectivity index (χ1) is 11.8.